The minimum absolute atomic E-state index is 0.500. The van der Waals surface area contributed by atoms with Crippen LogP contribution in [0.3, 0.4) is 0 Å². The highest BCUT2D eigenvalue weighted by Gasteiger charge is 2.40. The van der Waals surface area contributed by atoms with Gasteiger partial charge < -0.3 is 10.6 Å². The van der Waals surface area contributed by atoms with E-state index in [0.717, 1.165) is 6.67 Å². The number of nitrogens with zero attached hydrogens (tertiary/aromatic N) is 1. The Kier molecular flexibility index (Phi) is 2.35. The molecular weight excluding hydrogens is 150 g/mol. The Morgan fingerprint density at radius 1 is 1.25 bits per heavy atom. The number of hydrogen-bond acceptors (Lipinski definition) is 3. The second-order valence-electron chi connectivity index (χ2n) is 3.92. The number of rotatable bonds is 1. The Bertz CT molecular complexity index is 152. The molecule has 3 nitrogen and oxygen atoms in total. The summed E-state index contributed by atoms with van der Waals surface area (Å²) in [6, 6.07) is 0. The second kappa shape index (κ2) is 3.32. The van der Waals surface area contributed by atoms with Crippen LogP contribution < -0.4 is 10.6 Å². The van der Waals surface area contributed by atoms with Crippen LogP contribution in [0, 0.1) is 0 Å². The van der Waals surface area contributed by atoms with Crippen LogP contribution in [0.15, 0.2) is 0 Å². The Hall–Kier alpha value is -0.120. The molecule has 2 rings (SSSR count). The van der Waals surface area contributed by atoms with Crippen LogP contribution in [0.4, 0.5) is 0 Å². The molecule has 0 aliphatic carbocycles. The molecule has 0 atom stereocenters. The summed E-state index contributed by atoms with van der Waals surface area (Å²) in [4.78, 5) is 2.59. The van der Waals surface area contributed by atoms with Gasteiger partial charge in [-0.15, -0.1) is 0 Å². The highest BCUT2D eigenvalue weighted by atomic mass is 15.3. The SMILES string of the molecule is CCN1CNCC12CCNCC2. The summed E-state index contributed by atoms with van der Waals surface area (Å²) in [7, 11) is 0. The number of hydrogen-bond donors (Lipinski definition) is 2. The molecule has 3 heteroatoms. The van der Waals surface area contributed by atoms with E-state index >= 15 is 0 Å². The van der Waals surface area contributed by atoms with Crippen LogP contribution in [0.2, 0.25) is 0 Å². The van der Waals surface area contributed by atoms with Crippen LogP contribution in [-0.2, 0) is 0 Å². The van der Waals surface area contributed by atoms with E-state index in [2.05, 4.69) is 22.5 Å². The molecule has 0 saturated carbocycles. The van der Waals surface area contributed by atoms with Gasteiger partial charge in [0.25, 0.3) is 0 Å². The van der Waals surface area contributed by atoms with Crippen LogP contribution in [0.1, 0.15) is 19.8 Å². The standard InChI is InChI=1S/C9H19N3/c1-2-12-8-11-7-9(12)3-5-10-6-4-9/h10-11H,2-8H2,1H3. The van der Waals surface area contributed by atoms with E-state index in [1.807, 2.05) is 0 Å². The molecule has 2 saturated heterocycles. The predicted molar refractivity (Wildman–Crippen MR) is 50.1 cm³/mol. The first-order valence-electron chi connectivity index (χ1n) is 5.04. The molecule has 1 spiro atoms. The molecule has 0 amide bonds. The summed E-state index contributed by atoms with van der Waals surface area (Å²) in [5.74, 6) is 0. The third kappa shape index (κ3) is 1.26. The number of likely N-dealkylation sites (N-methyl/N-ethyl adjacent to an activating group) is 1. The largest absolute Gasteiger partial charge is 0.317 e. The van der Waals surface area contributed by atoms with Gasteiger partial charge in [0.15, 0.2) is 0 Å². The fourth-order valence-electron chi connectivity index (χ4n) is 2.54. The van der Waals surface area contributed by atoms with Crippen molar-refractivity contribution in [3.8, 4) is 0 Å². The summed E-state index contributed by atoms with van der Waals surface area (Å²) >= 11 is 0. The molecule has 70 valence electrons. The average Bonchev–Trinajstić information content (AvgIpc) is 2.49. The van der Waals surface area contributed by atoms with Crippen molar-refractivity contribution in [2.45, 2.75) is 25.3 Å². The first-order chi connectivity index (χ1) is 5.87. The van der Waals surface area contributed by atoms with E-state index in [-0.39, 0.29) is 0 Å². The lowest BCUT2D eigenvalue weighted by Crippen LogP contribution is -2.52. The minimum Gasteiger partial charge on any atom is -0.317 e. The molecule has 0 aromatic heterocycles. The first kappa shape index (κ1) is 8.48. The molecule has 12 heavy (non-hydrogen) atoms. The second-order valence-corrected chi connectivity index (χ2v) is 3.92. The zero-order valence-corrected chi connectivity index (χ0v) is 7.90. The molecule has 2 aliphatic heterocycles. The molecule has 0 aromatic carbocycles. The van der Waals surface area contributed by atoms with Gasteiger partial charge >= 0.3 is 0 Å². The van der Waals surface area contributed by atoms with Crippen LogP contribution in [0.5, 0.6) is 0 Å². The van der Waals surface area contributed by atoms with Gasteiger partial charge in [-0.25, -0.2) is 0 Å². The monoisotopic (exact) mass is 169 g/mol. The van der Waals surface area contributed by atoms with Crippen LogP contribution >= 0.6 is 0 Å². The number of nitrogens with one attached hydrogen (secondary N) is 2. The lowest BCUT2D eigenvalue weighted by Gasteiger charge is -2.40. The number of piperidine rings is 1. The Morgan fingerprint density at radius 3 is 2.67 bits per heavy atom. The molecule has 0 bridgehead atoms. The van der Waals surface area contributed by atoms with Gasteiger partial charge in [-0.05, 0) is 32.5 Å². The van der Waals surface area contributed by atoms with E-state index in [9.17, 15) is 0 Å². The topological polar surface area (TPSA) is 27.3 Å². The van der Waals surface area contributed by atoms with E-state index in [1.165, 1.54) is 39.0 Å². The van der Waals surface area contributed by atoms with Crippen molar-refractivity contribution >= 4 is 0 Å². The zero-order chi connectivity index (χ0) is 8.44. The van der Waals surface area contributed by atoms with Crippen molar-refractivity contribution in [1.29, 1.82) is 0 Å². The maximum absolute atomic E-state index is 3.48. The smallest absolute Gasteiger partial charge is 0.0486 e. The fraction of sp³-hybridized carbons (Fsp3) is 1.00. The van der Waals surface area contributed by atoms with Gasteiger partial charge in [0.2, 0.25) is 0 Å². The fourth-order valence-corrected chi connectivity index (χ4v) is 2.54. The summed E-state index contributed by atoms with van der Waals surface area (Å²) in [5.41, 5.74) is 0.500. The third-order valence-electron chi connectivity index (χ3n) is 3.34. The zero-order valence-electron chi connectivity index (χ0n) is 7.90. The molecular formula is C9H19N3. The Balaban J connectivity index is 2.05. The van der Waals surface area contributed by atoms with Gasteiger partial charge in [0, 0.05) is 18.8 Å². The van der Waals surface area contributed by atoms with Crippen LogP contribution in [0.25, 0.3) is 0 Å². The lowest BCUT2D eigenvalue weighted by atomic mass is 9.88. The van der Waals surface area contributed by atoms with E-state index in [0.29, 0.717) is 5.54 Å². The molecule has 2 fully saturated rings. The average molecular weight is 169 g/mol. The third-order valence-corrected chi connectivity index (χ3v) is 3.34. The van der Waals surface area contributed by atoms with Gasteiger partial charge in [-0.3, -0.25) is 4.90 Å². The highest BCUT2D eigenvalue weighted by molar-refractivity contribution is 4.99. The molecule has 2 heterocycles. The highest BCUT2D eigenvalue weighted by Crippen LogP contribution is 2.28. The van der Waals surface area contributed by atoms with E-state index in [4.69, 9.17) is 0 Å². The predicted octanol–water partition coefficient (Wildman–Crippen LogP) is -0.00880. The van der Waals surface area contributed by atoms with Crippen molar-refractivity contribution in [2.75, 3.05) is 32.8 Å². The van der Waals surface area contributed by atoms with E-state index in [1.54, 1.807) is 0 Å². The lowest BCUT2D eigenvalue weighted by molar-refractivity contribution is 0.116. The van der Waals surface area contributed by atoms with Crippen molar-refractivity contribution in [3.63, 3.8) is 0 Å². The quantitative estimate of drug-likeness (QED) is 0.578. The van der Waals surface area contributed by atoms with Crippen molar-refractivity contribution in [3.05, 3.63) is 0 Å². The maximum atomic E-state index is 3.48. The van der Waals surface area contributed by atoms with Gasteiger partial charge in [-0.1, -0.05) is 6.92 Å². The van der Waals surface area contributed by atoms with Gasteiger partial charge in [-0.2, -0.15) is 0 Å². The Morgan fingerprint density at radius 2 is 2.00 bits per heavy atom. The van der Waals surface area contributed by atoms with E-state index < -0.39 is 0 Å². The summed E-state index contributed by atoms with van der Waals surface area (Å²) < 4.78 is 0. The Labute approximate surface area is 74.5 Å². The minimum atomic E-state index is 0.500. The van der Waals surface area contributed by atoms with Gasteiger partial charge in [0.05, 0.1) is 0 Å². The maximum Gasteiger partial charge on any atom is 0.0486 e. The molecule has 2 N–H and O–H groups in total. The van der Waals surface area contributed by atoms with Crippen LogP contribution in [-0.4, -0.2) is 43.3 Å². The van der Waals surface area contributed by atoms with Crippen molar-refractivity contribution in [1.82, 2.24) is 15.5 Å². The molecule has 0 radical (unpaired) electrons. The van der Waals surface area contributed by atoms with Gasteiger partial charge in [0.1, 0.15) is 0 Å². The molecule has 0 aromatic rings. The summed E-state index contributed by atoms with van der Waals surface area (Å²) in [6.07, 6.45) is 2.63. The summed E-state index contributed by atoms with van der Waals surface area (Å²) in [5, 5.41) is 6.91. The summed E-state index contributed by atoms with van der Waals surface area (Å²) in [6.45, 7) is 8.12. The van der Waals surface area contributed by atoms with Crippen molar-refractivity contribution in [2.24, 2.45) is 0 Å². The van der Waals surface area contributed by atoms with Crippen molar-refractivity contribution < 1.29 is 0 Å². The molecule has 2 aliphatic rings. The first-order valence-corrected chi connectivity index (χ1v) is 5.04. The normalized spacial score (nSPS) is 29.8. The molecule has 0 unspecified atom stereocenters.